The fraction of sp³-hybridized carbons (Fsp3) is 0.545. The summed E-state index contributed by atoms with van der Waals surface area (Å²) in [5.74, 6) is 1.55. The van der Waals surface area contributed by atoms with Crippen molar-refractivity contribution in [1.82, 2.24) is 4.98 Å². The van der Waals surface area contributed by atoms with Crippen LogP contribution in [-0.4, -0.2) is 23.5 Å². The summed E-state index contributed by atoms with van der Waals surface area (Å²) in [5, 5.41) is 0.917. The van der Waals surface area contributed by atoms with Crippen molar-refractivity contribution in [2.45, 2.75) is 18.7 Å². The van der Waals surface area contributed by atoms with Gasteiger partial charge in [-0.3, -0.25) is 0 Å². The molecule has 2 rings (SSSR count). The first-order valence-corrected chi connectivity index (χ1v) is 6.02. The predicted molar refractivity (Wildman–Crippen MR) is 64.9 cm³/mol. The van der Waals surface area contributed by atoms with Gasteiger partial charge in [0.25, 0.3) is 0 Å². The van der Waals surface area contributed by atoms with Gasteiger partial charge >= 0.3 is 0 Å². The first kappa shape index (κ1) is 11.0. The maximum atomic E-state index is 6.26. The van der Waals surface area contributed by atoms with Gasteiger partial charge < -0.3 is 4.90 Å². The number of aromatic nitrogens is 1. The van der Waals surface area contributed by atoms with Gasteiger partial charge in [0.1, 0.15) is 5.82 Å². The summed E-state index contributed by atoms with van der Waals surface area (Å²) in [6.45, 7) is 4.06. The number of alkyl halides is 1. The largest absolute Gasteiger partial charge is 0.355 e. The molecule has 0 saturated carbocycles. The first-order chi connectivity index (χ1) is 7.20. The molecule has 0 bridgehead atoms. The van der Waals surface area contributed by atoms with Crippen LogP contribution in [0.2, 0.25) is 5.02 Å². The standard InChI is InChI=1S/C11H14Cl2N2/c1-2-8-6-15(7-10(8)13)11-4-3-9(12)5-14-11/h3-5,8,10H,2,6-7H2,1H3. The summed E-state index contributed by atoms with van der Waals surface area (Å²) < 4.78 is 0. The smallest absolute Gasteiger partial charge is 0.128 e. The van der Waals surface area contributed by atoms with Gasteiger partial charge in [0, 0.05) is 19.3 Å². The number of hydrogen-bond acceptors (Lipinski definition) is 2. The molecule has 1 aliphatic rings. The van der Waals surface area contributed by atoms with Crippen LogP contribution in [0.15, 0.2) is 18.3 Å². The summed E-state index contributed by atoms with van der Waals surface area (Å²) in [5.41, 5.74) is 0. The van der Waals surface area contributed by atoms with Crippen LogP contribution in [0.4, 0.5) is 5.82 Å². The number of rotatable bonds is 2. The molecule has 1 aromatic heterocycles. The molecule has 2 unspecified atom stereocenters. The Balaban J connectivity index is 2.10. The fourth-order valence-corrected chi connectivity index (χ4v) is 2.49. The monoisotopic (exact) mass is 244 g/mol. The maximum absolute atomic E-state index is 6.26. The second-order valence-electron chi connectivity index (χ2n) is 3.92. The van der Waals surface area contributed by atoms with Crippen LogP contribution in [0.3, 0.4) is 0 Å². The van der Waals surface area contributed by atoms with E-state index in [1.165, 1.54) is 0 Å². The molecule has 1 saturated heterocycles. The predicted octanol–water partition coefficient (Wildman–Crippen LogP) is 3.19. The number of anilines is 1. The molecule has 0 N–H and O–H groups in total. The molecule has 1 fully saturated rings. The van der Waals surface area contributed by atoms with Gasteiger partial charge in [0.05, 0.1) is 10.4 Å². The zero-order valence-corrected chi connectivity index (χ0v) is 10.2. The van der Waals surface area contributed by atoms with E-state index in [1.54, 1.807) is 6.20 Å². The maximum Gasteiger partial charge on any atom is 0.128 e. The molecular formula is C11H14Cl2N2. The van der Waals surface area contributed by atoms with Crippen molar-refractivity contribution < 1.29 is 0 Å². The minimum Gasteiger partial charge on any atom is -0.355 e. The molecule has 0 aromatic carbocycles. The van der Waals surface area contributed by atoms with Gasteiger partial charge in [-0.05, 0) is 18.1 Å². The molecule has 0 amide bonds. The van der Waals surface area contributed by atoms with Crippen LogP contribution in [0.1, 0.15) is 13.3 Å². The van der Waals surface area contributed by atoms with E-state index in [2.05, 4.69) is 16.8 Å². The van der Waals surface area contributed by atoms with E-state index >= 15 is 0 Å². The normalized spacial score (nSPS) is 25.9. The highest BCUT2D eigenvalue weighted by molar-refractivity contribution is 6.30. The second kappa shape index (κ2) is 4.58. The quantitative estimate of drug-likeness (QED) is 0.744. The van der Waals surface area contributed by atoms with Crippen molar-refractivity contribution in [2.75, 3.05) is 18.0 Å². The zero-order valence-electron chi connectivity index (χ0n) is 8.66. The highest BCUT2D eigenvalue weighted by atomic mass is 35.5. The zero-order chi connectivity index (χ0) is 10.8. The molecule has 2 nitrogen and oxygen atoms in total. The number of pyridine rings is 1. The topological polar surface area (TPSA) is 16.1 Å². The molecule has 2 heterocycles. The third-order valence-corrected chi connectivity index (χ3v) is 3.64. The van der Waals surface area contributed by atoms with Gasteiger partial charge in [-0.15, -0.1) is 11.6 Å². The van der Waals surface area contributed by atoms with E-state index in [-0.39, 0.29) is 5.38 Å². The highest BCUT2D eigenvalue weighted by Gasteiger charge is 2.30. The Bertz CT molecular complexity index is 326. The summed E-state index contributed by atoms with van der Waals surface area (Å²) in [7, 11) is 0. The van der Waals surface area contributed by atoms with Crippen molar-refractivity contribution >= 4 is 29.0 Å². The number of halogens is 2. The average molecular weight is 245 g/mol. The van der Waals surface area contributed by atoms with Gasteiger partial charge in [0.15, 0.2) is 0 Å². The molecule has 0 radical (unpaired) electrons. The molecule has 1 aliphatic heterocycles. The summed E-state index contributed by atoms with van der Waals surface area (Å²) in [6.07, 6.45) is 2.80. The molecule has 2 atom stereocenters. The van der Waals surface area contributed by atoms with Gasteiger partial charge in [-0.25, -0.2) is 4.98 Å². The van der Waals surface area contributed by atoms with Gasteiger partial charge in [0.2, 0.25) is 0 Å². The molecular weight excluding hydrogens is 231 g/mol. The van der Waals surface area contributed by atoms with E-state index in [9.17, 15) is 0 Å². The lowest BCUT2D eigenvalue weighted by atomic mass is 10.1. The molecule has 4 heteroatoms. The number of nitrogens with zero attached hydrogens (tertiary/aromatic N) is 2. The summed E-state index contributed by atoms with van der Waals surface area (Å²) in [4.78, 5) is 6.52. The molecule has 1 aromatic rings. The second-order valence-corrected chi connectivity index (χ2v) is 4.92. The molecule has 0 spiro atoms. The van der Waals surface area contributed by atoms with E-state index in [1.807, 2.05) is 12.1 Å². The SMILES string of the molecule is CCC1CN(c2ccc(Cl)cn2)CC1Cl. The third kappa shape index (κ3) is 2.37. The van der Waals surface area contributed by atoms with Crippen LogP contribution in [0.25, 0.3) is 0 Å². The van der Waals surface area contributed by atoms with Crippen LogP contribution < -0.4 is 4.90 Å². The Kier molecular flexibility index (Phi) is 3.37. The van der Waals surface area contributed by atoms with Crippen molar-refractivity contribution in [2.24, 2.45) is 5.92 Å². The fourth-order valence-electron chi connectivity index (χ4n) is 1.96. The molecule has 0 aliphatic carbocycles. The third-order valence-electron chi connectivity index (χ3n) is 2.92. The van der Waals surface area contributed by atoms with Gasteiger partial charge in [-0.2, -0.15) is 0 Å². The summed E-state index contributed by atoms with van der Waals surface area (Å²) >= 11 is 12.1. The van der Waals surface area contributed by atoms with Crippen LogP contribution in [0, 0.1) is 5.92 Å². The van der Waals surface area contributed by atoms with E-state index in [0.717, 1.165) is 25.3 Å². The van der Waals surface area contributed by atoms with Crippen LogP contribution >= 0.6 is 23.2 Å². The Labute approximate surface area is 100 Å². The highest BCUT2D eigenvalue weighted by Crippen LogP contribution is 2.28. The Morgan fingerprint density at radius 3 is 2.80 bits per heavy atom. The van der Waals surface area contributed by atoms with Crippen molar-refractivity contribution in [3.8, 4) is 0 Å². The minimum absolute atomic E-state index is 0.243. The van der Waals surface area contributed by atoms with Gasteiger partial charge in [-0.1, -0.05) is 24.9 Å². The summed E-state index contributed by atoms with van der Waals surface area (Å²) in [6, 6.07) is 3.82. The van der Waals surface area contributed by atoms with Crippen molar-refractivity contribution in [1.29, 1.82) is 0 Å². The Morgan fingerprint density at radius 1 is 1.47 bits per heavy atom. The lowest BCUT2D eigenvalue weighted by Gasteiger charge is -2.16. The number of hydrogen-bond donors (Lipinski definition) is 0. The van der Waals surface area contributed by atoms with Crippen molar-refractivity contribution in [3.63, 3.8) is 0 Å². The van der Waals surface area contributed by atoms with Crippen LogP contribution in [0.5, 0.6) is 0 Å². The minimum atomic E-state index is 0.243. The molecule has 82 valence electrons. The van der Waals surface area contributed by atoms with Crippen molar-refractivity contribution in [3.05, 3.63) is 23.4 Å². The van der Waals surface area contributed by atoms with E-state index in [4.69, 9.17) is 23.2 Å². The van der Waals surface area contributed by atoms with E-state index in [0.29, 0.717) is 10.9 Å². The molecule has 15 heavy (non-hydrogen) atoms. The van der Waals surface area contributed by atoms with E-state index < -0.39 is 0 Å². The first-order valence-electron chi connectivity index (χ1n) is 5.21. The lowest BCUT2D eigenvalue weighted by Crippen LogP contribution is -2.20. The Hall–Kier alpha value is -0.470. The van der Waals surface area contributed by atoms with Crippen LogP contribution in [-0.2, 0) is 0 Å². The average Bonchev–Trinajstić information content (AvgIpc) is 2.61. The lowest BCUT2D eigenvalue weighted by molar-refractivity contribution is 0.575. The Morgan fingerprint density at radius 2 is 2.27 bits per heavy atom.